The summed E-state index contributed by atoms with van der Waals surface area (Å²) in [6, 6.07) is 11.9. The van der Waals surface area contributed by atoms with E-state index in [9.17, 15) is 4.79 Å². The molecular formula is C21H23N3O2S. The van der Waals surface area contributed by atoms with E-state index in [0.717, 1.165) is 42.8 Å². The zero-order valence-corrected chi connectivity index (χ0v) is 16.2. The Labute approximate surface area is 163 Å². The van der Waals surface area contributed by atoms with E-state index in [2.05, 4.69) is 32.7 Å². The van der Waals surface area contributed by atoms with Crippen LogP contribution < -0.4 is 15.0 Å². The summed E-state index contributed by atoms with van der Waals surface area (Å²) < 4.78 is 6.40. The zero-order chi connectivity index (χ0) is 18.6. The topological polar surface area (TPSA) is 54.5 Å². The van der Waals surface area contributed by atoms with Gasteiger partial charge in [0.15, 0.2) is 0 Å². The van der Waals surface area contributed by atoms with Crippen molar-refractivity contribution in [1.82, 2.24) is 10.3 Å². The summed E-state index contributed by atoms with van der Waals surface area (Å²) in [5, 5.41) is 5.16. The number of carbonyl (C=O) groups is 1. The molecule has 1 N–H and O–H groups in total. The van der Waals surface area contributed by atoms with Crippen molar-refractivity contribution in [2.45, 2.75) is 19.4 Å². The number of carbonyl (C=O) groups excluding carboxylic acids is 1. The van der Waals surface area contributed by atoms with Crippen molar-refractivity contribution in [1.29, 1.82) is 0 Å². The summed E-state index contributed by atoms with van der Waals surface area (Å²) in [6.45, 7) is 2.36. The first-order valence-corrected chi connectivity index (χ1v) is 10.1. The number of ether oxygens (including phenoxy) is 1. The smallest absolute Gasteiger partial charge is 0.223 e. The van der Waals surface area contributed by atoms with Crippen LogP contribution in [-0.2, 0) is 11.3 Å². The molecule has 27 heavy (non-hydrogen) atoms. The van der Waals surface area contributed by atoms with E-state index in [-0.39, 0.29) is 11.8 Å². The average Bonchev–Trinajstić information content (AvgIpc) is 3.21. The summed E-state index contributed by atoms with van der Waals surface area (Å²) in [5.74, 6) is 1.06. The Morgan fingerprint density at radius 3 is 2.74 bits per heavy atom. The van der Waals surface area contributed by atoms with Crippen molar-refractivity contribution in [2.75, 3.05) is 25.1 Å². The second-order valence-corrected chi connectivity index (χ2v) is 7.71. The predicted octanol–water partition coefficient (Wildman–Crippen LogP) is 3.84. The Morgan fingerprint density at radius 2 is 2.00 bits per heavy atom. The first-order valence-electron chi connectivity index (χ1n) is 9.22. The van der Waals surface area contributed by atoms with Gasteiger partial charge in [-0.3, -0.25) is 9.78 Å². The lowest BCUT2D eigenvalue weighted by Crippen LogP contribution is -2.40. The molecule has 2 aromatic heterocycles. The first-order chi connectivity index (χ1) is 13.2. The van der Waals surface area contributed by atoms with Gasteiger partial charge in [-0.25, -0.2) is 0 Å². The van der Waals surface area contributed by atoms with E-state index >= 15 is 0 Å². The minimum absolute atomic E-state index is 0.0835. The average molecular weight is 382 g/mol. The van der Waals surface area contributed by atoms with Crippen LogP contribution in [0.5, 0.6) is 5.75 Å². The number of nitrogens with one attached hydrogen (secondary N) is 1. The van der Waals surface area contributed by atoms with Crippen molar-refractivity contribution in [3.05, 3.63) is 53.5 Å². The van der Waals surface area contributed by atoms with Crippen molar-refractivity contribution < 1.29 is 9.53 Å². The first kappa shape index (κ1) is 17.8. The third-order valence-electron chi connectivity index (χ3n) is 5.16. The van der Waals surface area contributed by atoms with Crippen LogP contribution in [0.2, 0.25) is 0 Å². The lowest BCUT2D eigenvalue weighted by Gasteiger charge is -2.33. The van der Waals surface area contributed by atoms with Gasteiger partial charge in [-0.1, -0.05) is 12.1 Å². The van der Waals surface area contributed by atoms with Gasteiger partial charge >= 0.3 is 0 Å². The fourth-order valence-electron chi connectivity index (χ4n) is 3.57. The number of methoxy groups -OCH3 is 1. The third kappa shape index (κ3) is 3.90. The van der Waals surface area contributed by atoms with Gasteiger partial charge in [0.05, 0.1) is 23.0 Å². The molecule has 4 rings (SSSR count). The summed E-state index contributed by atoms with van der Waals surface area (Å²) >= 11 is 1.73. The van der Waals surface area contributed by atoms with Crippen molar-refractivity contribution in [3.63, 3.8) is 0 Å². The van der Waals surface area contributed by atoms with E-state index in [0.29, 0.717) is 6.54 Å². The third-order valence-corrected chi connectivity index (χ3v) is 6.08. The van der Waals surface area contributed by atoms with Crippen molar-refractivity contribution in [2.24, 2.45) is 5.92 Å². The zero-order valence-electron chi connectivity index (χ0n) is 15.4. The Balaban J connectivity index is 1.32. The molecule has 6 heteroatoms. The van der Waals surface area contributed by atoms with Gasteiger partial charge < -0.3 is 15.0 Å². The van der Waals surface area contributed by atoms with Gasteiger partial charge in [0, 0.05) is 31.7 Å². The molecule has 0 saturated carbocycles. The van der Waals surface area contributed by atoms with Gasteiger partial charge in [-0.15, -0.1) is 11.3 Å². The lowest BCUT2D eigenvalue weighted by molar-refractivity contribution is -0.125. The number of fused-ring (bicyclic) bond motifs is 1. The molecule has 3 heterocycles. The second kappa shape index (κ2) is 7.96. The number of nitrogens with zero attached hydrogens (tertiary/aromatic N) is 2. The SMILES string of the molecule is COc1ccc(CNC(=O)C2CCN(c3ccnc4ccsc34)CC2)cc1. The summed E-state index contributed by atoms with van der Waals surface area (Å²) in [4.78, 5) is 19.3. The second-order valence-electron chi connectivity index (χ2n) is 6.79. The minimum Gasteiger partial charge on any atom is -0.497 e. The molecule has 140 valence electrons. The molecule has 0 unspecified atom stereocenters. The van der Waals surface area contributed by atoms with Gasteiger partial charge in [0.25, 0.3) is 0 Å². The molecule has 1 fully saturated rings. The largest absolute Gasteiger partial charge is 0.497 e. The molecule has 1 aliphatic heterocycles. The number of rotatable bonds is 5. The molecule has 1 saturated heterocycles. The molecule has 1 amide bonds. The van der Waals surface area contributed by atoms with Gasteiger partial charge in [-0.05, 0) is 48.1 Å². The number of thiophene rings is 1. The van der Waals surface area contributed by atoms with Gasteiger partial charge in [0.2, 0.25) is 5.91 Å². The van der Waals surface area contributed by atoms with Crippen LogP contribution in [0.1, 0.15) is 18.4 Å². The quantitative estimate of drug-likeness (QED) is 0.730. The van der Waals surface area contributed by atoms with Crippen LogP contribution in [-0.4, -0.2) is 31.1 Å². The van der Waals surface area contributed by atoms with Crippen LogP contribution in [0.3, 0.4) is 0 Å². The van der Waals surface area contributed by atoms with E-state index in [4.69, 9.17) is 4.74 Å². The summed E-state index contributed by atoms with van der Waals surface area (Å²) in [6.07, 6.45) is 3.63. The van der Waals surface area contributed by atoms with Crippen LogP contribution in [0.25, 0.3) is 10.2 Å². The molecule has 1 aromatic carbocycles. The highest BCUT2D eigenvalue weighted by atomic mass is 32.1. The molecule has 0 atom stereocenters. The van der Waals surface area contributed by atoms with Crippen molar-refractivity contribution in [3.8, 4) is 5.75 Å². The van der Waals surface area contributed by atoms with Crippen LogP contribution in [0, 0.1) is 5.92 Å². The molecular weight excluding hydrogens is 358 g/mol. The number of hydrogen-bond donors (Lipinski definition) is 1. The minimum atomic E-state index is 0.0835. The fourth-order valence-corrected chi connectivity index (χ4v) is 4.46. The maximum atomic E-state index is 12.5. The van der Waals surface area contributed by atoms with Crippen LogP contribution in [0.4, 0.5) is 5.69 Å². The number of amides is 1. The molecule has 3 aromatic rings. The fraction of sp³-hybridized carbons (Fsp3) is 0.333. The van der Waals surface area contributed by atoms with E-state index in [1.165, 1.54) is 10.4 Å². The van der Waals surface area contributed by atoms with Crippen LogP contribution in [0.15, 0.2) is 48.0 Å². The molecule has 0 spiro atoms. The standard InChI is InChI=1S/C21H23N3O2S/c1-26-17-4-2-15(3-5-17)14-23-21(25)16-7-11-24(12-8-16)19-6-10-22-18-9-13-27-20(18)19/h2-6,9-10,13,16H,7-8,11-12,14H2,1H3,(H,23,25). The highest BCUT2D eigenvalue weighted by molar-refractivity contribution is 7.17. The Morgan fingerprint density at radius 1 is 1.22 bits per heavy atom. The summed E-state index contributed by atoms with van der Waals surface area (Å²) in [5.41, 5.74) is 3.38. The molecule has 0 radical (unpaired) electrons. The number of benzene rings is 1. The van der Waals surface area contributed by atoms with E-state index in [1.807, 2.05) is 30.5 Å². The monoisotopic (exact) mass is 381 g/mol. The predicted molar refractivity (Wildman–Crippen MR) is 109 cm³/mol. The highest BCUT2D eigenvalue weighted by Gasteiger charge is 2.25. The van der Waals surface area contributed by atoms with E-state index < -0.39 is 0 Å². The summed E-state index contributed by atoms with van der Waals surface area (Å²) in [7, 11) is 1.65. The van der Waals surface area contributed by atoms with Crippen LogP contribution >= 0.6 is 11.3 Å². The van der Waals surface area contributed by atoms with E-state index in [1.54, 1.807) is 18.4 Å². The lowest BCUT2D eigenvalue weighted by atomic mass is 9.95. The number of piperidine rings is 1. The Kier molecular flexibility index (Phi) is 5.25. The molecule has 0 bridgehead atoms. The highest BCUT2D eigenvalue weighted by Crippen LogP contribution is 2.32. The number of anilines is 1. The molecule has 5 nitrogen and oxygen atoms in total. The number of pyridine rings is 1. The normalized spacial score (nSPS) is 15.1. The Hall–Kier alpha value is -2.60. The molecule has 1 aliphatic rings. The Bertz CT molecular complexity index is 915. The van der Waals surface area contributed by atoms with Crippen molar-refractivity contribution >= 4 is 33.1 Å². The maximum Gasteiger partial charge on any atom is 0.223 e. The number of hydrogen-bond acceptors (Lipinski definition) is 5. The molecule has 0 aliphatic carbocycles. The number of aromatic nitrogens is 1. The van der Waals surface area contributed by atoms with Gasteiger partial charge in [0.1, 0.15) is 5.75 Å². The maximum absolute atomic E-state index is 12.5. The van der Waals surface area contributed by atoms with Gasteiger partial charge in [-0.2, -0.15) is 0 Å².